The molecule has 1 N–H and O–H groups in total. The van der Waals surface area contributed by atoms with Gasteiger partial charge >= 0.3 is 5.97 Å². The van der Waals surface area contributed by atoms with Gasteiger partial charge in [0.2, 0.25) is 0 Å². The first-order valence-corrected chi connectivity index (χ1v) is 7.65. The average molecular weight is 339 g/mol. The molecule has 0 saturated heterocycles. The second-order valence-electron chi connectivity index (χ2n) is 5.52. The van der Waals surface area contributed by atoms with Gasteiger partial charge in [0.05, 0.1) is 12.8 Å². The van der Waals surface area contributed by atoms with Crippen LogP contribution >= 0.6 is 0 Å². The lowest BCUT2D eigenvalue weighted by Crippen LogP contribution is -2.23. The molecule has 0 fully saturated rings. The quantitative estimate of drug-likeness (QED) is 0.528. The molecule has 2 aromatic rings. The van der Waals surface area contributed by atoms with E-state index in [2.05, 4.69) is 5.32 Å². The van der Waals surface area contributed by atoms with Crippen molar-refractivity contribution in [2.45, 2.75) is 13.8 Å². The molecule has 1 amide bonds. The van der Waals surface area contributed by atoms with Gasteiger partial charge in [-0.15, -0.1) is 0 Å². The fraction of sp³-hybridized carbons (Fsp3) is 0.158. The van der Waals surface area contributed by atoms with Crippen LogP contribution in [0.15, 0.2) is 42.2 Å². The van der Waals surface area contributed by atoms with Gasteiger partial charge in [0, 0.05) is 6.92 Å². The summed E-state index contributed by atoms with van der Waals surface area (Å²) < 4.78 is 16.2. The Morgan fingerprint density at radius 2 is 2.00 bits per heavy atom. The summed E-state index contributed by atoms with van der Waals surface area (Å²) in [5.41, 5.74) is 2.02. The third-order valence-corrected chi connectivity index (χ3v) is 3.61. The fourth-order valence-corrected chi connectivity index (χ4v) is 2.53. The molecule has 0 unspecified atom stereocenters. The first-order chi connectivity index (χ1) is 12.0. The van der Waals surface area contributed by atoms with Crippen LogP contribution in [0.25, 0.3) is 6.08 Å². The number of hydrogen-bond donors (Lipinski definition) is 1. The second kappa shape index (κ2) is 6.68. The molecule has 0 radical (unpaired) electrons. The smallest absolute Gasteiger partial charge is 0.308 e. The summed E-state index contributed by atoms with van der Waals surface area (Å²) in [4.78, 5) is 23.4. The normalized spacial score (nSPS) is 14.4. The van der Waals surface area contributed by atoms with E-state index in [4.69, 9.17) is 14.2 Å². The zero-order valence-corrected chi connectivity index (χ0v) is 14.1. The Balaban J connectivity index is 1.97. The summed E-state index contributed by atoms with van der Waals surface area (Å²) in [5, 5.41) is 2.78. The summed E-state index contributed by atoms with van der Waals surface area (Å²) in [6.07, 6.45) is 1.61. The monoisotopic (exact) mass is 339 g/mol. The third kappa shape index (κ3) is 3.47. The molecule has 0 saturated carbocycles. The standard InChI is InChI=1S/C19H17NO5/c1-11-8-13(9-16(23-3)18(11)24-12(2)21)10-17-19(22)20-14-6-4-5-7-15(14)25-17/h4-10H,1-3H3,(H,20,22). The Kier molecular flexibility index (Phi) is 4.43. The zero-order chi connectivity index (χ0) is 18.0. The maximum Gasteiger partial charge on any atom is 0.308 e. The SMILES string of the molecule is COc1cc(C=C2Oc3ccccc3NC2=O)cc(C)c1OC(C)=O. The lowest BCUT2D eigenvalue weighted by atomic mass is 10.1. The summed E-state index contributed by atoms with van der Waals surface area (Å²) in [6, 6.07) is 10.7. The minimum absolute atomic E-state index is 0.167. The number of carbonyl (C=O) groups excluding carboxylic acids is 2. The number of methoxy groups -OCH3 is 1. The topological polar surface area (TPSA) is 73.9 Å². The highest BCUT2D eigenvalue weighted by atomic mass is 16.6. The molecule has 1 aliphatic heterocycles. The van der Waals surface area contributed by atoms with Crippen LogP contribution in [0.5, 0.6) is 17.2 Å². The number of esters is 1. The molecule has 128 valence electrons. The van der Waals surface area contributed by atoms with Crippen LogP contribution in [0.4, 0.5) is 5.69 Å². The van der Waals surface area contributed by atoms with Gasteiger partial charge in [0.15, 0.2) is 23.0 Å². The minimum atomic E-state index is -0.431. The minimum Gasteiger partial charge on any atom is -0.493 e. The van der Waals surface area contributed by atoms with Crippen molar-refractivity contribution >= 4 is 23.6 Å². The van der Waals surface area contributed by atoms with Crippen LogP contribution in [0.2, 0.25) is 0 Å². The fourth-order valence-electron chi connectivity index (χ4n) is 2.53. The van der Waals surface area contributed by atoms with Gasteiger partial charge in [0.25, 0.3) is 5.91 Å². The van der Waals surface area contributed by atoms with E-state index in [1.165, 1.54) is 14.0 Å². The Bertz CT molecular complexity index is 885. The number of ether oxygens (including phenoxy) is 3. The summed E-state index contributed by atoms with van der Waals surface area (Å²) in [7, 11) is 1.48. The van der Waals surface area contributed by atoms with Gasteiger partial charge in [-0.05, 0) is 48.4 Å². The second-order valence-corrected chi connectivity index (χ2v) is 5.52. The molecular formula is C19H17NO5. The molecule has 0 aliphatic carbocycles. The number of anilines is 1. The van der Waals surface area contributed by atoms with Crippen molar-refractivity contribution in [3.05, 3.63) is 53.3 Å². The van der Waals surface area contributed by atoms with E-state index in [0.29, 0.717) is 34.1 Å². The van der Waals surface area contributed by atoms with E-state index in [1.54, 1.807) is 37.3 Å². The van der Waals surface area contributed by atoms with E-state index in [-0.39, 0.29) is 11.7 Å². The molecule has 0 bridgehead atoms. The summed E-state index contributed by atoms with van der Waals surface area (Å²) in [6.45, 7) is 3.12. The van der Waals surface area contributed by atoms with E-state index in [9.17, 15) is 9.59 Å². The molecule has 0 atom stereocenters. The first kappa shape index (κ1) is 16.6. The molecule has 6 heteroatoms. The van der Waals surface area contributed by atoms with Crippen molar-refractivity contribution in [1.29, 1.82) is 0 Å². The molecule has 25 heavy (non-hydrogen) atoms. The first-order valence-electron chi connectivity index (χ1n) is 7.65. The van der Waals surface area contributed by atoms with E-state index in [0.717, 1.165) is 0 Å². The predicted molar refractivity (Wildman–Crippen MR) is 92.7 cm³/mol. The number of hydrogen-bond acceptors (Lipinski definition) is 5. The molecule has 1 heterocycles. The highest BCUT2D eigenvalue weighted by Crippen LogP contribution is 2.35. The Morgan fingerprint density at radius 3 is 2.72 bits per heavy atom. The summed E-state index contributed by atoms with van der Waals surface area (Å²) >= 11 is 0. The van der Waals surface area contributed by atoms with Crippen LogP contribution in [-0.4, -0.2) is 19.0 Å². The van der Waals surface area contributed by atoms with E-state index >= 15 is 0 Å². The molecule has 2 aromatic carbocycles. The Labute approximate surface area is 145 Å². The van der Waals surface area contributed by atoms with Crippen molar-refractivity contribution in [1.82, 2.24) is 0 Å². The predicted octanol–water partition coefficient (Wildman–Crippen LogP) is 3.30. The number of nitrogens with one attached hydrogen (secondary N) is 1. The third-order valence-electron chi connectivity index (χ3n) is 3.61. The van der Waals surface area contributed by atoms with Gasteiger partial charge in [-0.2, -0.15) is 0 Å². The van der Waals surface area contributed by atoms with Gasteiger partial charge < -0.3 is 19.5 Å². The summed E-state index contributed by atoms with van der Waals surface area (Å²) in [5.74, 6) is 0.739. The van der Waals surface area contributed by atoms with Gasteiger partial charge in [-0.3, -0.25) is 9.59 Å². The van der Waals surface area contributed by atoms with E-state index < -0.39 is 5.97 Å². The Morgan fingerprint density at radius 1 is 1.24 bits per heavy atom. The number of fused-ring (bicyclic) bond motifs is 1. The Hall–Kier alpha value is -3.28. The lowest BCUT2D eigenvalue weighted by Gasteiger charge is -2.19. The number of benzene rings is 2. The van der Waals surface area contributed by atoms with Crippen molar-refractivity contribution < 1.29 is 23.8 Å². The van der Waals surface area contributed by atoms with Crippen LogP contribution in [0.1, 0.15) is 18.1 Å². The van der Waals surface area contributed by atoms with Crippen molar-refractivity contribution in [2.75, 3.05) is 12.4 Å². The van der Waals surface area contributed by atoms with E-state index in [1.807, 2.05) is 12.1 Å². The lowest BCUT2D eigenvalue weighted by molar-refractivity contribution is -0.132. The van der Waals surface area contributed by atoms with Crippen LogP contribution in [0.3, 0.4) is 0 Å². The number of amides is 1. The van der Waals surface area contributed by atoms with Gasteiger partial charge in [0.1, 0.15) is 0 Å². The van der Waals surface area contributed by atoms with Crippen molar-refractivity contribution in [3.63, 3.8) is 0 Å². The van der Waals surface area contributed by atoms with Crippen LogP contribution < -0.4 is 19.5 Å². The largest absolute Gasteiger partial charge is 0.493 e. The molecule has 1 aliphatic rings. The molecular weight excluding hydrogens is 322 g/mol. The number of aryl methyl sites for hydroxylation is 1. The highest BCUT2D eigenvalue weighted by molar-refractivity contribution is 6.08. The van der Waals surface area contributed by atoms with Crippen LogP contribution in [0, 0.1) is 6.92 Å². The molecule has 3 rings (SSSR count). The number of carbonyl (C=O) groups is 2. The number of para-hydroxylation sites is 2. The average Bonchev–Trinajstić information content (AvgIpc) is 2.57. The van der Waals surface area contributed by atoms with Crippen molar-refractivity contribution in [2.24, 2.45) is 0 Å². The van der Waals surface area contributed by atoms with Gasteiger partial charge in [-0.25, -0.2) is 0 Å². The molecule has 0 aromatic heterocycles. The van der Waals surface area contributed by atoms with Crippen LogP contribution in [-0.2, 0) is 9.59 Å². The van der Waals surface area contributed by atoms with Crippen molar-refractivity contribution in [3.8, 4) is 17.2 Å². The number of rotatable bonds is 3. The maximum atomic E-state index is 12.2. The van der Waals surface area contributed by atoms with Gasteiger partial charge in [-0.1, -0.05) is 12.1 Å². The molecule has 6 nitrogen and oxygen atoms in total. The molecule has 0 spiro atoms. The maximum absolute atomic E-state index is 12.2. The zero-order valence-electron chi connectivity index (χ0n) is 14.1. The highest BCUT2D eigenvalue weighted by Gasteiger charge is 2.22.